The van der Waals surface area contributed by atoms with Gasteiger partial charge in [-0.25, -0.2) is 9.82 Å². The van der Waals surface area contributed by atoms with E-state index in [1.54, 1.807) is 12.1 Å². The molecule has 3 N–H and O–H groups in total. The van der Waals surface area contributed by atoms with Crippen LogP contribution in [0, 0.1) is 23.2 Å². The van der Waals surface area contributed by atoms with Crippen LogP contribution in [0.15, 0.2) is 59.7 Å². The first kappa shape index (κ1) is 27.6. The summed E-state index contributed by atoms with van der Waals surface area (Å²) in [6.45, 7) is 3.67. The van der Waals surface area contributed by atoms with E-state index in [1.165, 1.54) is 25.5 Å². The van der Waals surface area contributed by atoms with Crippen LogP contribution in [0.5, 0.6) is 11.5 Å². The number of carbonyl (C=O) groups is 3. The second-order valence-corrected chi connectivity index (χ2v) is 9.07. The van der Waals surface area contributed by atoms with Crippen molar-refractivity contribution in [3.05, 3.63) is 80.7 Å². The van der Waals surface area contributed by atoms with Crippen molar-refractivity contribution in [3.8, 4) is 11.5 Å². The molecule has 0 bridgehead atoms. The minimum Gasteiger partial charge on any atom is -0.493 e. The van der Waals surface area contributed by atoms with Crippen molar-refractivity contribution in [2.24, 2.45) is 5.10 Å². The normalized spacial score (nSPS) is 10.6. The molecule has 0 radical (unpaired) electrons. The highest BCUT2D eigenvalue weighted by molar-refractivity contribution is 14.1. The second kappa shape index (κ2) is 12.8. The van der Waals surface area contributed by atoms with Crippen LogP contribution in [-0.2, 0) is 14.4 Å². The number of carbonyl (C=O) groups excluding carboxylic acids is 3. The van der Waals surface area contributed by atoms with Crippen LogP contribution in [-0.4, -0.2) is 37.7 Å². The lowest BCUT2D eigenvalue weighted by Crippen LogP contribution is -2.32. The van der Waals surface area contributed by atoms with Crippen LogP contribution in [0.3, 0.4) is 0 Å². The fourth-order valence-corrected chi connectivity index (χ4v) is 4.05. The van der Waals surface area contributed by atoms with Crippen molar-refractivity contribution in [3.63, 3.8) is 0 Å². The van der Waals surface area contributed by atoms with Crippen molar-refractivity contribution in [2.75, 3.05) is 24.4 Å². The molecule has 0 saturated heterocycles. The first-order valence-electron chi connectivity index (χ1n) is 10.9. The quantitative estimate of drug-likeness (QED) is 0.152. The van der Waals surface area contributed by atoms with Gasteiger partial charge in [-0.3, -0.25) is 14.4 Å². The molecule has 0 unspecified atom stereocenters. The summed E-state index contributed by atoms with van der Waals surface area (Å²) in [5.74, 6) is -2.02. The number of hydrazone groups is 1. The first-order chi connectivity index (χ1) is 17.6. The second-order valence-electron chi connectivity index (χ2n) is 7.91. The van der Waals surface area contributed by atoms with E-state index in [-0.39, 0.29) is 18.2 Å². The molecule has 0 heterocycles. The third-order valence-electron chi connectivity index (χ3n) is 4.79. The van der Waals surface area contributed by atoms with Crippen LogP contribution in [0.2, 0.25) is 0 Å². The third kappa shape index (κ3) is 8.27. The van der Waals surface area contributed by atoms with E-state index in [0.717, 1.165) is 23.3 Å². The highest BCUT2D eigenvalue weighted by atomic mass is 127. The number of aryl methyl sites for hydroxylation is 2. The molecule has 37 heavy (non-hydrogen) atoms. The van der Waals surface area contributed by atoms with E-state index in [9.17, 15) is 18.8 Å². The molecule has 11 heteroatoms. The van der Waals surface area contributed by atoms with E-state index < -0.39 is 17.6 Å². The molecule has 0 aliphatic carbocycles. The monoisotopic (exact) mass is 618 g/mol. The van der Waals surface area contributed by atoms with E-state index in [2.05, 4.69) is 21.2 Å². The number of halogens is 2. The Bertz CT molecular complexity index is 1330. The van der Waals surface area contributed by atoms with Crippen LogP contribution in [0.25, 0.3) is 0 Å². The summed E-state index contributed by atoms with van der Waals surface area (Å²) < 4.78 is 24.7. The molecule has 0 saturated carbocycles. The number of anilines is 2. The zero-order chi connectivity index (χ0) is 26.9. The summed E-state index contributed by atoms with van der Waals surface area (Å²) in [5, 5.41) is 8.93. The molecule has 0 aliphatic heterocycles. The van der Waals surface area contributed by atoms with Crippen LogP contribution < -0.4 is 25.5 Å². The highest BCUT2D eigenvalue weighted by Crippen LogP contribution is 2.33. The largest absolute Gasteiger partial charge is 0.493 e. The number of hydrogen-bond acceptors (Lipinski definition) is 6. The summed E-state index contributed by atoms with van der Waals surface area (Å²) in [4.78, 5) is 36.3. The van der Waals surface area contributed by atoms with E-state index >= 15 is 0 Å². The first-order valence-corrected chi connectivity index (χ1v) is 12.0. The fraction of sp³-hybridized carbons (Fsp3) is 0.154. The average Bonchev–Trinajstić information content (AvgIpc) is 2.83. The lowest BCUT2D eigenvalue weighted by molar-refractivity contribution is -0.136. The molecule has 9 nitrogen and oxygen atoms in total. The van der Waals surface area contributed by atoms with Gasteiger partial charge in [-0.1, -0.05) is 6.07 Å². The Balaban J connectivity index is 1.58. The van der Waals surface area contributed by atoms with Crippen LogP contribution >= 0.6 is 22.6 Å². The van der Waals surface area contributed by atoms with Gasteiger partial charge in [-0.05, 0) is 102 Å². The van der Waals surface area contributed by atoms with Gasteiger partial charge in [0.2, 0.25) is 0 Å². The van der Waals surface area contributed by atoms with Crippen LogP contribution in [0.4, 0.5) is 15.8 Å². The number of amides is 3. The maximum absolute atomic E-state index is 13.0. The SMILES string of the molecule is COc1cc(/C=N\NC(=O)C(=O)Nc2ccc(F)cc2)cc(I)c1OCC(=O)Nc1cc(C)cc(C)c1. The van der Waals surface area contributed by atoms with Crippen molar-refractivity contribution in [1.29, 1.82) is 0 Å². The lowest BCUT2D eigenvalue weighted by Gasteiger charge is -2.14. The maximum Gasteiger partial charge on any atom is 0.329 e. The predicted octanol–water partition coefficient (Wildman–Crippen LogP) is 4.16. The van der Waals surface area contributed by atoms with Crippen LogP contribution in [0.1, 0.15) is 16.7 Å². The third-order valence-corrected chi connectivity index (χ3v) is 5.59. The average molecular weight is 618 g/mol. The molecule has 0 atom stereocenters. The molecule has 3 aromatic carbocycles. The zero-order valence-corrected chi connectivity index (χ0v) is 22.4. The van der Waals surface area contributed by atoms with Gasteiger partial charge in [0.1, 0.15) is 5.82 Å². The molecule has 0 aliphatic rings. The van der Waals surface area contributed by atoms with Gasteiger partial charge in [0.05, 0.1) is 16.9 Å². The number of rotatable bonds is 8. The molecule has 3 rings (SSSR count). The van der Waals surface area contributed by atoms with Crippen molar-refractivity contribution < 1.29 is 28.2 Å². The summed E-state index contributed by atoms with van der Waals surface area (Å²) in [7, 11) is 1.45. The Kier molecular flexibility index (Phi) is 9.55. The number of nitrogens with one attached hydrogen (secondary N) is 3. The molecular formula is C26H24FIN4O5. The van der Waals surface area contributed by atoms with Gasteiger partial charge >= 0.3 is 11.8 Å². The van der Waals surface area contributed by atoms with E-state index in [1.807, 2.05) is 54.6 Å². The Morgan fingerprint density at radius 2 is 1.62 bits per heavy atom. The van der Waals surface area contributed by atoms with Gasteiger partial charge in [-0.2, -0.15) is 5.10 Å². The molecule has 0 fully saturated rings. The zero-order valence-electron chi connectivity index (χ0n) is 20.2. The van der Waals surface area contributed by atoms with E-state index in [0.29, 0.717) is 26.3 Å². The smallest absolute Gasteiger partial charge is 0.329 e. The Morgan fingerprint density at radius 1 is 0.946 bits per heavy atom. The lowest BCUT2D eigenvalue weighted by atomic mass is 10.1. The van der Waals surface area contributed by atoms with Gasteiger partial charge in [0.15, 0.2) is 18.1 Å². The number of benzene rings is 3. The van der Waals surface area contributed by atoms with Crippen molar-refractivity contribution in [2.45, 2.75) is 13.8 Å². The topological polar surface area (TPSA) is 118 Å². The minimum absolute atomic E-state index is 0.230. The van der Waals surface area contributed by atoms with Gasteiger partial charge in [0.25, 0.3) is 5.91 Å². The summed E-state index contributed by atoms with van der Waals surface area (Å²) in [5.41, 5.74) is 5.70. The molecule has 0 aromatic heterocycles. The Morgan fingerprint density at radius 3 is 2.27 bits per heavy atom. The minimum atomic E-state index is -1.00. The number of nitrogens with zero attached hydrogens (tertiary/aromatic N) is 1. The molecule has 192 valence electrons. The highest BCUT2D eigenvalue weighted by Gasteiger charge is 2.15. The standard InChI is InChI=1S/C26H24FIN4O5/c1-15-8-16(2)10-20(9-15)30-23(33)14-37-24-21(28)11-17(12-22(24)36-3)13-29-32-26(35)25(34)31-19-6-4-18(27)5-7-19/h4-13H,14H2,1-3H3,(H,30,33)(H,31,34)(H,32,35)/b29-13-. The van der Waals surface area contributed by atoms with Gasteiger partial charge < -0.3 is 20.1 Å². The molecular weight excluding hydrogens is 594 g/mol. The predicted molar refractivity (Wildman–Crippen MR) is 147 cm³/mol. The Labute approximate surface area is 226 Å². The summed E-state index contributed by atoms with van der Waals surface area (Å²) >= 11 is 2.03. The van der Waals surface area contributed by atoms with E-state index in [4.69, 9.17) is 9.47 Å². The van der Waals surface area contributed by atoms with Crippen molar-refractivity contribution in [1.82, 2.24) is 5.43 Å². The summed E-state index contributed by atoms with van der Waals surface area (Å²) in [6.07, 6.45) is 1.32. The van der Waals surface area contributed by atoms with Gasteiger partial charge in [-0.15, -0.1) is 0 Å². The molecule has 3 aromatic rings. The molecule has 3 amide bonds. The number of ether oxygens (including phenoxy) is 2. The molecule has 0 spiro atoms. The fourth-order valence-electron chi connectivity index (χ4n) is 3.27. The van der Waals surface area contributed by atoms with Gasteiger partial charge in [0, 0.05) is 11.4 Å². The maximum atomic E-state index is 13.0. The number of methoxy groups -OCH3 is 1. The Hall–Kier alpha value is -4.00. The number of hydrogen-bond donors (Lipinski definition) is 3. The van der Waals surface area contributed by atoms with Crippen molar-refractivity contribution >= 4 is 57.9 Å². The summed E-state index contributed by atoms with van der Waals surface area (Å²) in [6, 6.07) is 14.0.